The lowest BCUT2D eigenvalue weighted by Gasteiger charge is -2.13. The molecule has 1 aromatic carbocycles. The van der Waals surface area contributed by atoms with Gasteiger partial charge in [0.25, 0.3) is 0 Å². The first-order valence-corrected chi connectivity index (χ1v) is 4.93. The maximum Gasteiger partial charge on any atom is 0.0611 e. The van der Waals surface area contributed by atoms with Crippen molar-refractivity contribution in [2.24, 2.45) is 0 Å². The van der Waals surface area contributed by atoms with E-state index in [1.807, 2.05) is 6.07 Å². The zero-order chi connectivity index (χ0) is 9.52. The quantitative estimate of drug-likeness (QED) is 0.673. The summed E-state index contributed by atoms with van der Waals surface area (Å²) in [5.74, 6) is 0. The van der Waals surface area contributed by atoms with Gasteiger partial charge in [-0.25, -0.2) is 0 Å². The zero-order valence-electron chi connectivity index (χ0n) is 8.49. The van der Waals surface area contributed by atoms with Crippen LogP contribution in [0, 0.1) is 0 Å². The Morgan fingerprint density at radius 3 is 2.46 bits per heavy atom. The Morgan fingerprint density at radius 1 is 1.23 bits per heavy atom. The molecule has 0 radical (unpaired) electrons. The highest BCUT2D eigenvalue weighted by atomic mass is 16.5. The number of ether oxygens (including phenoxy) is 1. The van der Waals surface area contributed by atoms with Crippen LogP contribution in [0.3, 0.4) is 0 Å². The maximum atomic E-state index is 5.39. The number of hydrogen-bond acceptors (Lipinski definition) is 1. The largest absolute Gasteiger partial charge is 0.381 e. The molecule has 0 unspecified atom stereocenters. The summed E-state index contributed by atoms with van der Waals surface area (Å²) < 4.78 is 5.39. The van der Waals surface area contributed by atoms with Gasteiger partial charge in [0, 0.05) is 7.11 Å². The minimum atomic E-state index is 0.382. The van der Waals surface area contributed by atoms with Crippen LogP contribution >= 0.6 is 0 Å². The van der Waals surface area contributed by atoms with Crippen molar-refractivity contribution in [3.05, 3.63) is 35.9 Å². The average Bonchev–Trinajstić information content (AvgIpc) is 2.19. The lowest BCUT2D eigenvalue weighted by Crippen LogP contribution is -2.13. The third kappa shape index (κ3) is 3.60. The first kappa shape index (κ1) is 10.3. The zero-order valence-corrected chi connectivity index (χ0v) is 8.49. The highest BCUT2D eigenvalue weighted by Gasteiger charge is 2.05. The summed E-state index contributed by atoms with van der Waals surface area (Å²) in [5.41, 5.74) is 1.36. The number of methoxy groups -OCH3 is 1. The Morgan fingerprint density at radius 2 is 1.92 bits per heavy atom. The molecule has 72 valence electrons. The van der Waals surface area contributed by atoms with Gasteiger partial charge in [-0.05, 0) is 18.4 Å². The Hall–Kier alpha value is -0.820. The van der Waals surface area contributed by atoms with Crippen LogP contribution < -0.4 is 0 Å². The molecule has 0 saturated carbocycles. The van der Waals surface area contributed by atoms with Crippen LogP contribution in [-0.2, 0) is 11.2 Å². The van der Waals surface area contributed by atoms with Crippen LogP contribution in [0.4, 0.5) is 0 Å². The molecule has 1 aromatic rings. The van der Waals surface area contributed by atoms with Gasteiger partial charge in [-0.3, -0.25) is 0 Å². The number of rotatable bonds is 5. The molecule has 0 spiro atoms. The second-order valence-electron chi connectivity index (χ2n) is 3.34. The third-order valence-corrected chi connectivity index (χ3v) is 2.25. The molecule has 13 heavy (non-hydrogen) atoms. The monoisotopic (exact) mass is 178 g/mol. The summed E-state index contributed by atoms with van der Waals surface area (Å²) in [5, 5.41) is 0. The molecule has 0 aliphatic rings. The second-order valence-corrected chi connectivity index (χ2v) is 3.34. The molecule has 1 rings (SSSR count). The molecule has 0 N–H and O–H groups in total. The van der Waals surface area contributed by atoms with Crippen molar-refractivity contribution < 1.29 is 4.74 Å². The fourth-order valence-corrected chi connectivity index (χ4v) is 1.50. The van der Waals surface area contributed by atoms with Gasteiger partial charge in [-0.15, -0.1) is 0 Å². The van der Waals surface area contributed by atoms with E-state index in [0.29, 0.717) is 6.10 Å². The topological polar surface area (TPSA) is 9.23 Å². The first-order valence-electron chi connectivity index (χ1n) is 4.93. The maximum absolute atomic E-state index is 5.39. The van der Waals surface area contributed by atoms with E-state index >= 15 is 0 Å². The summed E-state index contributed by atoms with van der Waals surface area (Å²) in [7, 11) is 1.79. The molecule has 0 aromatic heterocycles. The molecule has 0 aliphatic heterocycles. The average molecular weight is 178 g/mol. The number of hydrogen-bond donors (Lipinski definition) is 0. The second kappa shape index (κ2) is 5.76. The normalized spacial score (nSPS) is 12.8. The molecule has 0 saturated heterocycles. The molecule has 0 aliphatic carbocycles. The van der Waals surface area contributed by atoms with E-state index in [0.717, 1.165) is 12.8 Å². The number of benzene rings is 1. The molecule has 1 atom stereocenters. The Bertz CT molecular complexity index is 218. The van der Waals surface area contributed by atoms with E-state index in [-0.39, 0.29) is 0 Å². The molecule has 0 bridgehead atoms. The third-order valence-electron chi connectivity index (χ3n) is 2.25. The lowest BCUT2D eigenvalue weighted by molar-refractivity contribution is 0.0949. The predicted octanol–water partition coefficient (Wildman–Crippen LogP) is 3.04. The van der Waals surface area contributed by atoms with E-state index in [2.05, 4.69) is 31.2 Å². The van der Waals surface area contributed by atoms with Crippen molar-refractivity contribution >= 4 is 0 Å². The van der Waals surface area contributed by atoms with Crippen LogP contribution in [0.5, 0.6) is 0 Å². The van der Waals surface area contributed by atoms with Gasteiger partial charge < -0.3 is 4.74 Å². The fourth-order valence-electron chi connectivity index (χ4n) is 1.50. The van der Waals surface area contributed by atoms with Crippen molar-refractivity contribution in [3.8, 4) is 0 Å². The minimum Gasteiger partial charge on any atom is -0.381 e. The molecule has 1 heteroatoms. The molecular weight excluding hydrogens is 160 g/mol. The predicted molar refractivity (Wildman–Crippen MR) is 55.9 cm³/mol. The van der Waals surface area contributed by atoms with Crippen LogP contribution in [0.25, 0.3) is 0 Å². The van der Waals surface area contributed by atoms with Gasteiger partial charge in [0.2, 0.25) is 0 Å². The van der Waals surface area contributed by atoms with E-state index in [9.17, 15) is 0 Å². The van der Waals surface area contributed by atoms with Gasteiger partial charge in [0.15, 0.2) is 0 Å². The standard InChI is InChI=1S/C12H18O/c1-3-7-12(13-2)10-11-8-5-4-6-9-11/h4-6,8-9,12H,3,7,10H2,1-2H3/t12-/m0/s1. The van der Waals surface area contributed by atoms with Crippen molar-refractivity contribution in [1.82, 2.24) is 0 Å². The summed E-state index contributed by atoms with van der Waals surface area (Å²) in [6.07, 6.45) is 3.74. The molecular formula is C12H18O. The van der Waals surface area contributed by atoms with Crippen molar-refractivity contribution in [3.63, 3.8) is 0 Å². The first-order chi connectivity index (χ1) is 6.36. The van der Waals surface area contributed by atoms with Crippen LogP contribution in [0.2, 0.25) is 0 Å². The SMILES string of the molecule is CCC[C@@H](Cc1ccccc1)OC. The van der Waals surface area contributed by atoms with E-state index in [1.165, 1.54) is 12.0 Å². The van der Waals surface area contributed by atoms with E-state index in [1.54, 1.807) is 7.11 Å². The van der Waals surface area contributed by atoms with Crippen LogP contribution in [0.15, 0.2) is 30.3 Å². The van der Waals surface area contributed by atoms with Gasteiger partial charge in [-0.1, -0.05) is 43.7 Å². The van der Waals surface area contributed by atoms with Gasteiger partial charge in [0.05, 0.1) is 6.10 Å². The van der Waals surface area contributed by atoms with Gasteiger partial charge in [-0.2, -0.15) is 0 Å². The molecule has 0 heterocycles. The van der Waals surface area contributed by atoms with Gasteiger partial charge in [0.1, 0.15) is 0 Å². The Balaban J connectivity index is 2.46. The minimum absolute atomic E-state index is 0.382. The van der Waals surface area contributed by atoms with Crippen molar-refractivity contribution in [2.75, 3.05) is 7.11 Å². The Kier molecular flexibility index (Phi) is 4.55. The lowest BCUT2D eigenvalue weighted by atomic mass is 10.0. The van der Waals surface area contributed by atoms with Gasteiger partial charge >= 0.3 is 0 Å². The smallest absolute Gasteiger partial charge is 0.0611 e. The summed E-state index contributed by atoms with van der Waals surface area (Å²) in [6, 6.07) is 10.5. The summed E-state index contributed by atoms with van der Waals surface area (Å²) in [6.45, 7) is 2.19. The van der Waals surface area contributed by atoms with Crippen molar-refractivity contribution in [1.29, 1.82) is 0 Å². The summed E-state index contributed by atoms with van der Waals surface area (Å²) >= 11 is 0. The van der Waals surface area contributed by atoms with E-state index in [4.69, 9.17) is 4.74 Å². The van der Waals surface area contributed by atoms with Crippen molar-refractivity contribution in [2.45, 2.75) is 32.3 Å². The fraction of sp³-hybridized carbons (Fsp3) is 0.500. The van der Waals surface area contributed by atoms with Crippen LogP contribution in [-0.4, -0.2) is 13.2 Å². The molecule has 1 nitrogen and oxygen atoms in total. The highest BCUT2D eigenvalue weighted by molar-refractivity contribution is 5.15. The van der Waals surface area contributed by atoms with Crippen LogP contribution in [0.1, 0.15) is 25.3 Å². The van der Waals surface area contributed by atoms with E-state index < -0.39 is 0 Å². The highest BCUT2D eigenvalue weighted by Crippen LogP contribution is 2.09. The summed E-state index contributed by atoms with van der Waals surface area (Å²) in [4.78, 5) is 0. The molecule has 0 fully saturated rings. The molecule has 0 amide bonds. The Labute approximate surface area is 80.7 Å².